The monoisotopic (exact) mass is 627 g/mol. The Bertz CT molecular complexity index is 1810. The molecule has 236 valence electrons. The van der Waals surface area contributed by atoms with Crippen LogP contribution in [0.3, 0.4) is 0 Å². The predicted molar refractivity (Wildman–Crippen MR) is 176 cm³/mol. The van der Waals surface area contributed by atoms with Crippen molar-refractivity contribution in [2.45, 2.75) is 77.3 Å². The minimum atomic E-state index is -4.15. The number of amides is 1. The van der Waals surface area contributed by atoms with Crippen molar-refractivity contribution in [2.75, 3.05) is 11.8 Å². The third-order valence-corrected chi connectivity index (χ3v) is 9.39. The quantitative estimate of drug-likeness (QED) is 0.263. The van der Waals surface area contributed by atoms with Crippen molar-refractivity contribution >= 4 is 21.9 Å². The van der Waals surface area contributed by atoms with Crippen LogP contribution < -0.4 is 9.46 Å². The number of hydrogen-bond acceptors (Lipinski definition) is 7. The first-order valence-electron chi connectivity index (χ1n) is 15.1. The normalized spacial score (nSPS) is 18.3. The molecular weight excluding hydrogens is 586 g/mol. The van der Waals surface area contributed by atoms with Crippen LogP contribution in [0.2, 0.25) is 0 Å². The highest BCUT2D eigenvalue weighted by Gasteiger charge is 2.35. The summed E-state index contributed by atoms with van der Waals surface area (Å²) in [4.78, 5) is 29.6. The van der Waals surface area contributed by atoms with Crippen molar-refractivity contribution in [1.29, 1.82) is 0 Å². The van der Waals surface area contributed by atoms with Gasteiger partial charge in [-0.1, -0.05) is 65.0 Å². The van der Waals surface area contributed by atoms with Crippen LogP contribution in [-0.4, -0.2) is 47.3 Å². The number of nitrogens with one attached hydrogen (secondary N) is 1. The van der Waals surface area contributed by atoms with E-state index in [0.29, 0.717) is 12.1 Å². The maximum Gasteiger partial charge on any atom is 0.264 e. The summed E-state index contributed by atoms with van der Waals surface area (Å²) in [6.45, 7) is 14.5. The van der Waals surface area contributed by atoms with E-state index in [9.17, 15) is 13.2 Å². The van der Waals surface area contributed by atoms with Gasteiger partial charge in [0.2, 0.25) is 11.8 Å². The molecule has 0 saturated heterocycles. The molecule has 2 aromatic carbocycles. The zero-order chi connectivity index (χ0) is 32.7. The number of benzene rings is 2. The van der Waals surface area contributed by atoms with E-state index in [0.717, 1.165) is 27.9 Å². The second kappa shape index (κ2) is 12.2. The maximum absolute atomic E-state index is 14.0. The number of carbonyl (C=O) groups is 1. The lowest BCUT2D eigenvalue weighted by Gasteiger charge is -2.36. The molecule has 9 nitrogen and oxygen atoms in total. The van der Waals surface area contributed by atoms with Gasteiger partial charge in [0.15, 0.2) is 0 Å². The lowest BCUT2D eigenvalue weighted by Crippen LogP contribution is -2.43. The van der Waals surface area contributed by atoms with Gasteiger partial charge in [-0.3, -0.25) is 9.78 Å². The van der Waals surface area contributed by atoms with E-state index in [-0.39, 0.29) is 39.5 Å². The first-order chi connectivity index (χ1) is 21.1. The van der Waals surface area contributed by atoms with Crippen molar-refractivity contribution < 1.29 is 17.9 Å². The molecule has 1 aliphatic heterocycles. The number of nitrogens with zero attached hydrogens (tertiary/aromatic N) is 4. The standard InChI is InChI=1S/C35H41N5O4S/c1-21(2)17-28-32(25-15-16-29(36-20-25)35(5,6)7)44-30-19-27(31-22(3)11-9-12-23(31)4)37-34(38-30)39-45(42,43)26-14-10-13-24(18-26)33(41)40(28)8/h9-16,18-21,28,32H,17H2,1-8H3,(H,37,38,39)/t28-,32-/m0/s1. The Labute approximate surface area is 266 Å². The molecule has 0 spiro atoms. The largest absolute Gasteiger partial charge is 0.467 e. The summed E-state index contributed by atoms with van der Waals surface area (Å²) in [6.07, 6.45) is 1.72. The topological polar surface area (TPSA) is 114 Å². The highest BCUT2D eigenvalue weighted by molar-refractivity contribution is 7.92. The van der Waals surface area contributed by atoms with Gasteiger partial charge in [-0.2, -0.15) is 4.98 Å². The smallest absolute Gasteiger partial charge is 0.264 e. The van der Waals surface area contributed by atoms with Crippen molar-refractivity contribution in [3.8, 4) is 17.1 Å². The molecule has 4 bridgehead atoms. The zero-order valence-corrected chi connectivity index (χ0v) is 27.9. The van der Waals surface area contributed by atoms with E-state index in [1.807, 2.05) is 44.2 Å². The maximum atomic E-state index is 14.0. The number of aromatic nitrogens is 3. The summed E-state index contributed by atoms with van der Waals surface area (Å²) in [5, 5.41) is 0. The Morgan fingerprint density at radius 1 is 0.978 bits per heavy atom. The number of rotatable bonds is 4. The first-order valence-corrected chi connectivity index (χ1v) is 16.6. The Balaban J connectivity index is 1.77. The zero-order valence-electron chi connectivity index (χ0n) is 27.1. The Morgan fingerprint density at radius 3 is 2.29 bits per heavy atom. The summed E-state index contributed by atoms with van der Waals surface area (Å²) in [6, 6.07) is 17.2. The van der Waals surface area contributed by atoms with Crippen LogP contribution in [0.5, 0.6) is 5.88 Å². The van der Waals surface area contributed by atoms with Gasteiger partial charge in [0.25, 0.3) is 15.9 Å². The summed E-state index contributed by atoms with van der Waals surface area (Å²) in [5.74, 6) is -0.0761. The van der Waals surface area contributed by atoms with Crippen LogP contribution in [0.1, 0.15) is 79.9 Å². The molecule has 2 atom stereocenters. The van der Waals surface area contributed by atoms with Crippen molar-refractivity contribution in [3.05, 3.63) is 94.8 Å². The molecule has 0 aliphatic carbocycles. The van der Waals surface area contributed by atoms with Gasteiger partial charge in [-0.05, 0) is 61.6 Å². The van der Waals surface area contributed by atoms with E-state index >= 15 is 0 Å². The molecular formula is C35H41N5O4S. The minimum absolute atomic E-state index is 0.0662. The number of ether oxygens (including phenoxy) is 1. The van der Waals surface area contributed by atoms with Crippen molar-refractivity contribution in [1.82, 2.24) is 19.9 Å². The second-order valence-corrected chi connectivity index (χ2v) is 14.9. The van der Waals surface area contributed by atoms with E-state index in [2.05, 4.69) is 49.3 Å². The van der Waals surface area contributed by atoms with Gasteiger partial charge >= 0.3 is 0 Å². The molecule has 1 N–H and O–H groups in total. The molecule has 0 saturated carbocycles. The Morgan fingerprint density at radius 2 is 1.67 bits per heavy atom. The molecule has 0 unspecified atom stereocenters. The molecule has 1 amide bonds. The van der Waals surface area contributed by atoms with Crippen LogP contribution in [0.25, 0.3) is 11.3 Å². The average Bonchev–Trinajstić information content (AvgIpc) is 2.97. The molecule has 2 aromatic heterocycles. The highest BCUT2D eigenvalue weighted by Crippen LogP contribution is 2.35. The first kappa shape index (κ1) is 32.1. The number of fused-ring (bicyclic) bond motifs is 4. The fourth-order valence-electron chi connectivity index (χ4n) is 5.69. The van der Waals surface area contributed by atoms with Crippen molar-refractivity contribution in [3.63, 3.8) is 0 Å². The minimum Gasteiger partial charge on any atom is -0.467 e. The van der Waals surface area contributed by atoms with Gasteiger partial charge in [-0.15, -0.1) is 0 Å². The van der Waals surface area contributed by atoms with Gasteiger partial charge in [0.1, 0.15) is 6.10 Å². The number of hydrogen-bond donors (Lipinski definition) is 1. The summed E-state index contributed by atoms with van der Waals surface area (Å²) in [7, 11) is -2.42. The second-order valence-electron chi connectivity index (χ2n) is 13.2. The third-order valence-electron chi connectivity index (χ3n) is 8.07. The van der Waals surface area contributed by atoms with Crippen LogP contribution in [-0.2, 0) is 15.4 Å². The average molecular weight is 628 g/mol. The number of carbonyl (C=O) groups excluding carboxylic acids is 1. The van der Waals surface area contributed by atoms with Crippen LogP contribution in [0.4, 0.5) is 5.95 Å². The lowest BCUT2D eigenvalue weighted by atomic mass is 9.90. The molecule has 5 rings (SSSR count). The number of pyridine rings is 1. The molecule has 45 heavy (non-hydrogen) atoms. The molecule has 3 heterocycles. The number of aryl methyl sites for hydroxylation is 2. The summed E-state index contributed by atoms with van der Waals surface area (Å²) >= 11 is 0. The number of anilines is 1. The Kier molecular flexibility index (Phi) is 8.72. The van der Waals surface area contributed by atoms with Crippen LogP contribution >= 0.6 is 0 Å². The van der Waals surface area contributed by atoms with Crippen LogP contribution in [0.15, 0.2) is 71.8 Å². The number of likely N-dealkylation sites (N-methyl/N-ethyl adjacent to an activating group) is 1. The fourth-order valence-corrected chi connectivity index (χ4v) is 6.68. The number of sulfonamides is 1. The van der Waals surface area contributed by atoms with Crippen molar-refractivity contribution in [2.24, 2.45) is 5.92 Å². The van der Waals surface area contributed by atoms with Gasteiger partial charge in [0, 0.05) is 47.1 Å². The van der Waals surface area contributed by atoms with E-state index in [4.69, 9.17) is 9.72 Å². The van der Waals surface area contributed by atoms with Gasteiger partial charge < -0.3 is 9.64 Å². The molecule has 1 aliphatic rings. The van der Waals surface area contributed by atoms with E-state index in [1.165, 1.54) is 12.1 Å². The molecule has 0 fully saturated rings. The summed E-state index contributed by atoms with van der Waals surface area (Å²) < 4.78 is 36.5. The Hall–Kier alpha value is -4.31. The SMILES string of the molecule is Cc1cccc(C)c1-c1cc2nc(n1)NS(=O)(=O)c1cccc(c1)C(=O)N(C)[C@@H](CC(C)C)[C@H](c1ccc(C(C)(C)C)nc1)O2. The van der Waals surface area contributed by atoms with Crippen LogP contribution in [0, 0.1) is 19.8 Å². The third kappa shape index (κ3) is 6.86. The van der Waals surface area contributed by atoms with E-state index < -0.39 is 22.2 Å². The predicted octanol–water partition coefficient (Wildman–Crippen LogP) is 6.87. The molecule has 10 heteroatoms. The van der Waals surface area contributed by atoms with Gasteiger partial charge in [0.05, 0.1) is 16.6 Å². The molecule has 0 radical (unpaired) electrons. The van der Waals surface area contributed by atoms with E-state index in [1.54, 1.807) is 36.3 Å². The summed E-state index contributed by atoms with van der Waals surface area (Å²) in [5.41, 5.74) is 5.11. The van der Waals surface area contributed by atoms with Gasteiger partial charge in [-0.25, -0.2) is 18.1 Å². The lowest BCUT2D eigenvalue weighted by molar-refractivity contribution is 0.0445. The molecule has 4 aromatic rings. The highest BCUT2D eigenvalue weighted by atomic mass is 32.2. The fraction of sp³-hybridized carbons (Fsp3) is 0.371.